The third-order valence-electron chi connectivity index (χ3n) is 4.23. The van der Waals surface area contributed by atoms with Crippen LogP contribution in [-0.4, -0.2) is 49.9 Å². The summed E-state index contributed by atoms with van der Waals surface area (Å²) < 4.78 is 33.0. The van der Waals surface area contributed by atoms with Crippen molar-refractivity contribution in [3.05, 3.63) is 59.0 Å². The summed E-state index contributed by atoms with van der Waals surface area (Å²) in [4.78, 5) is 0.744. The first-order valence-electron chi connectivity index (χ1n) is 8.32. The van der Waals surface area contributed by atoms with Gasteiger partial charge < -0.3 is 10.1 Å². The summed E-state index contributed by atoms with van der Waals surface area (Å²) in [6.45, 7) is 2.42. The Kier molecular flexibility index (Phi) is 6.14. The number of allylic oxidation sites excluding steroid dienone is 4. The van der Waals surface area contributed by atoms with Crippen molar-refractivity contribution in [1.29, 1.82) is 0 Å². The zero-order valence-electron chi connectivity index (χ0n) is 13.9. The molecule has 25 heavy (non-hydrogen) atoms. The molecule has 1 aliphatic heterocycles. The summed E-state index contributed by atoms with van der Waals surface area (Å²) in [5.41, 5.74) is 1.10. The van der Waals surface area contributed by atoms with Crippen molar-refractivity contribution in [3.8, 4) is 0 Å². The molecule has 1 heterocycles. The van der Waals surface area contributed by atoms with Crippen molar-refractivity contribution in [2.75, 3.05) is 26.2 Å². The molecule has 0 bridgehead atoms. The van der Waals surface area contributed by atoms with Gasteiger partial charge in [-0.25, -0.2) is 8.42 Å². The van der Waals surface area contributed by atoms with Gasteiger partial charge in [-0.3, -0.25) is 0 Å². The fourth-order valence-electron chi connectivity index (χ4n) is 2.91. The number of piperazine rings is 1. The Bertz CT molecular complexity index is 773. The highest BCUT2D eigenvalue weighted by Crippen LogP contribution is 2.21. The summed E-state index contributed by atoms with van der Waals surface area (Å²) in [6.07, 6.45) is 5.74. The van der Waals surface area contributed by atoms with Gasteiger partial charge in [-0.05, 0) is 11.6 Å². The van der Waals surface area contributed by atoms with E-state index in [9.17, 15) is 8.42 Å². The Balaban J connectivity index is 1.58. The average Bonchev–Trinajstić information content (AvgIpc) is 2.63. The van der Waals surface area contributed by atoms with Crippen LogP contribution in [0.2, 0.25) is 0 Å². The minimum absolute atomic E-state index is 0.0273. The van der Waals surface area contributed by atoms with Gasteiger partial charge in [0.05, 0.1) is 18.1 Å². The summed E-state index contributed by atoms with van der Waals surface area (Å²) in [7, 11) is -3.54. The molecule has 0 saturated carbocycles. The first-order valence-corrected chi connectivity index (χ1v) is 10.2. The van der Waals surface area contributed by atoms with Gasteiger partial charge in [0.15, 0.2) is 0 Å². The molecule has 0 spiro atoms. The lowest BCUT2D eigenvalue weighted by molar-refractivity contribution is 0.0856. The molecule has 0 radical (unpaired) electrons. The van der Waals surface area contributed by atoms with Crippen LogP contribution in [0.5, 0.6) is 0 Å². The predicted molar refractivity (Wildman–Crippen MR) is 103 cm³/mol. The Morgan fingerprint density at radius 3 is 2.84 bits per heavy atom. The van der Waals surface area contributed by atoms with Gasteiger partial charge >= 0.3 is 0 Å². The normalized spacial score (nSPS) is 22.0. The number of thiocarbonyl (C=S) groups is 1. The average molecular weight is 379 g/mol. The topological polar surface area (TPSA) is 58.6 Å². The molecule has 5 nitrogen and oxygen atoms in total. The Morgan fingerprint density at radius 2 is 2.08 bits per heavy atom. The molecule has 0 aromatic heterocycles. The first-order chi connectivity index (χ1) is 12.1. The van der Waals surface area contributed by atoms with Crippen LogP contribution >= 0.6 is 12.2 Å². The van der Waals surface area contributed by atoms with E-state index in [1.165, 1.54) is 4.31 Å². The van der Waals surface area contributed by atoms with E-state index in [4.69, 9.17) is 17.0 Å². The van der Waals surface area contributed by atoms with Crippen molar-refractivity contribution >= 4 is 27.1 Å². The van der Waals surface area contributed by atoms with Crippen LogP contribution in [0.3, 0.4) is 0 Å². The zero-order valence-corrected chi connectivity index (χ0v) is 15.6. The SMILES string of the molecule is O=S(=O)(C1=CC=CCC1=S)N1CCN[C@@H](COCc2ccccc2)C1. The lowest BCUT2D eigenvalue weighted by Crippen LogP contribution is -2.54. The van der Waals surface area contributed by atoms with Crippen LogP contribution < -0.4 is 5.32 Å². The van der Waals surface area contributed by atoms with E-state index in [1.807, 2.05) is 36.4 Å². The van der Waals surface area contributed by atoms with Crippen LogP contribution in [0.4, 0.5) is 0 Å². The number of rotatable bonds is 6. The summed E-state index contributed by atoms with van der Waals surface area (Å²) in [5, 5.41) is 3.32. The summed E-state index contributed by atoms with van der Waals surface area (Å²) >= 11 is 5.23. The van der Waals surface area contributed by atoms with Crippen molar-refractivity contribution in [2.45, 2.75) is 19.1 Å². The highest BCUT2D eigenvalue weighted by molar-refractivity contribution is 7.96. The molecule has 134 valence electrons. The van der Waals surface area contributed by atoms with E-state index in [0.717, 1.165) is 5.56 Å². The van der Waals surface area contributed by atoms with Crippen molar-refractivity contribution in [1.82, 2.24) is 9.62 Å². The summed E-state index contributed by atoms with van der Waals surface area (Å²) in [5.74, 6) is 0. The first kappa shape index (κ1) is 18.4. The Hall–Kier alpha value is -1.38. The third-order valence-corrected chi connectivity index (χ3v) is 6.69. The van der Waals surface area contributed by atoms with Crippen LogP contribution in [0.1, 0.15) is 12.0 Å². The molecule has 1 aromatic rings. The molecule has 1 fully saturated rings. The van der Waals surface area contributed by atoms with Crippen LogP contribution in [-0.2, 0) is 21.4 Å². The fourth-order valence-corrected chi connectivity index (χ4v) is 5.00. The quantitative estimate of drug-likeness (QED) is 0.768. The number of nitrogens with zero attached hydrogens (tertiary/aromatic N) is 1. The molecule has 1 aromatic carbocycles. The van der Waals surface area contributed by atoms with E-state index < -0.39 is 10.0 Å². The van der Waals surface area contributed by atoms with Crippen LogP contribution in [0.25, 0.3) is 0 Å². The highest BCUT2D eigenvalue weighted by atomic mass is 32.2. The molecule has 1 atom stereocenters. The monoisotopic (exact) mass is 378 g/mol. The minimum Gasteiger partial charge on any atom is -0.375 e. The third kappa shape index (κ3) is 4.62. The maximum Gasteiger partial charge on any atom is 0.244 e. The standard InChI is InChI=1S/C18H22N2O3S2/c21-25(22,18-9-5-4-8-17(18)24)20-11-10-19-16(12-20)14-23-13-15-6-2-1-3-7-15/h1-7,9,16,19H,8,10-14H2/t16-/m1/s1. The Morgan fingerprint density at radius 1 is 1.28 bits per heavy atom. The van der Waals surface area contributed by atoms with Gasteiger partial charge in [-0.15, -0.1) is 0 Å². The van der Waals surface area contributed by atoms with Gasteiger partial charge in [-0.1, -0.05) is 54.7 Å². The molecular formula is C18H22N2O3S2. The Labute approximate surface area is 154 Å². The molecular weight excluding hydrogens is 356 g/mol. The van der Waals surface area contributed by atoms with E-state index >= 15 is 0 Å². The second-order valence-corrected chi connectivity index (χ2v) is 8.50. The lowest BCUT2D eigenvalue weighted by atomic mass is 10.2. The van der Waals surface area contributed by atoms with Gasteiger partial charge in [-0.2, -0.15) is 4.31 Å². The predicted octanol–water partition coefficient (Wildman–Crippen LogP) is 2.02. The van der Waals surface area contributed by atoms with Crippen molar-refractivity contribution in [2.24, 2.45) is 0 Å². The molecule has 0 amide bonds. The second-order valence-electron chi connectivity index (χ2n) is 6.10. The molecule has 3 rings (SSSR count). The molecule has 1 N–H and O–H groups in total. The van der Waals surface area contributed by atoms with E-state index in [1.54, 1.807) is 12.2 Å². The number of benzene rings is 1. The lowest BCUT2D eigenvalue weighted by Gasteiger charge is -2.33. The largest absolute Gasteiger partial charge is 0.375 e. The highest BCUT2D eigenvalue weighted by Gasteiger charge is 2.33. The van der Waals surface area contributed by atoms with E-state index in [-0.39, 0.29) is 10.9 Å². The van der Waals surface area contributed by atoms with E-state index in [0.29, 0.717) is 44.1 Å². The van der Waals surface area contributed by atoms with Crippen LogP contribution in [0.15, 0.2) is 53.5 Å². The fraction of sp³-hybridized carbons (Fsp3) is 0.389. The number of nitrogens with one attached hydrogen (secondary N) is 1. The molecule has 1 saturated heterocycles. The second kappa shape index (κ2) is 8.33. The molecule has 2 aliphatic rings. The van der Waals surface area contributed by atoms with Gasteiger partial charge in [0.1, 0.15) is 0 Å². The minimum atomic E-state index is -3.54. The maximum atomic E-state index is 12.9. The maximum absolute atomic E-state index is 12.9. The zero-order chi connectivity index (χ0) is 17.7. The van der Waals surface area contributed by atoms with Crippen LogP contribution in [0, 0.1) is 0 Å². The molecule has 0 unspecified atom stereocenters. The van der Waals surface area contributed by atoms with E-state index in [2.05, 4.69) is 5.32 Å². The smallest absolute Gasteiger partial charge is 0.244 e. The summed E-state index contributed by atoms with van der Waals surface area (Å²) in [6, 6.07) is 9.90. The van der Waals surface area contributed by atoms with Crippen molar-refractivity contribution < 1.29 is 13.2 Å². The number of ether oxygens (including phenoxy) is 1. The number of hydrogen-bond donors (Lipinski definition) is 1. The molecule has 7 heteroatoms. The van der Waals surface area contributed by atoms with Gasteiger partial charge in [0.2, 0.25) is 10.0 Å². The molecule has 1 aliphatic carbocycles. The van der Waals surface area contributed by atoms with Gasteiger partial charge in [0, 0.05) is 37.0 Å². The number of hydrogen-bond acceptors (Lipinski definition) is 5. The number of sulfonamides is 1. The van der Waals surface area contributed by atoms with Crippen molar-refractivity contribution in [3.63, 3.8) is 0 Å². The van der Waals surface area contributed by atoms with Gasteiger partial charge in [0.25, 0.3) is 0 Å².